The second-order valence-electron chi connectivity index (χ2n) is 3.43. The van der Waals surface area contributed by atoms with Gasteiger partial charge in [0, 0.05) is 0 Å². The van der Waals surface area contributed by atoms with Crippen LogP contribution < -0.4 is 51.4 Å². The molecule has 16 heavy (non-hydrogen) atoms. The molecule has 0 radical (unpaired) electrons. The van der Waals surface area contributed by atoms with E-state index in [1.165, 1.54) is 25.7 Å². The van der Waals surface area contributed by atoms with Crippen LogP contribution in [-0.4, -0.2) is 13.0 Å². The second-order valence-corrected chi connectivity index (χ2v) is 4.44. The van der Waals surface area contributed by atoms with Crippen LogP contribution in [0.15, 0.2) is 12.3 Å². The molecule has 0 aliphatic carbocycles. The van der Waals surface area contributed by atoms with Gasteiger partial charge in [0.2, 0.25) is 0 Å². The Morgan fingerprint density at radius 2 is 1.69 bits per heavy atom. The van der Waals surface area contributed by atoms with Gasteiger partial charge < -0.3 is 8.74 Å². The average Bonchev–Trinajstić information content (AvgIpc) is 2.14. The number of rotatable bonds is 9. The van der Waals surface area contributed by atoms with Crippen molar-refractivity contribution >= 4 is 10.4 Å². The fraction of sp³-hybridized carbons (Fsp3) is 0.800. The van der Waals surface area contributed by atoms with E-state index >= 15 is 0 Å². The minimum atomic E-state index is -4.57. The van der Waals surface area contributed by atoms with Crippen molar-refractivity contribution in [2.45, 2.75) is 51.9 Å². The van der Waals surface area contributed by atoms with Crippen molar-refractivity contribution in [3.63, 3.8) is 0 Å². The minimum Gasteiger partial charge on any atom is -0.716 e. The standard InChI is InChI=1S/C10H20O4S.K/c1-2-3-4-5-6-7-8-9-10-14-15(11,12)13;/h9-10H,2-8H2,1H3,(H,11,12,13);/q;+1/p-1/b10-9+;. The van der Waals surface area contributed by atoms with Gasteiger partial charge in [0.05, 0.1) is 0 Å². The first kappa shape index (κ1) is 19.4. The normalized spacial score (nSPS) is 11.4. The molecule has 0 unspecified atom stereocenters. The van der Waals surface area contributed by atoms with Crippen molar-refractivity contribution in [2.24, 2.45) is 0 Å². The molecule has 0 aromatic rings. The van der Waals surface area contributed by atoms with Gasteiger partial charge in [-0.2, -0.15) is 0 Å². The fourth-order valence-corrected chi connectivity index (χ4v) is 1.43. The predicted molar refractivity (Wildman–Crippen MR) is 57.9 cm³/mol. The van der Waals surface area contributed by atoms with Crippen molar-refractivity contribution in [2.75, 3.05) is 0 Å². The third-order valence-electron chi connectivity index (χ3n) is 1.99. The number of hydrogen-bond donors (Lipinski definition) is 0. The maximum atomic E-state index is 10.0. The molecule has 90 valence electrons. The molecule has 0 aliphatic heterocycles. The van der Waals surface area contributed by atoms with E-state index in [0.29, 0.717) is 0 Å². The van der Waals surface area contributed by atoms with Crippen LogP contribution in [0.2, 0.25) is 0 Å². The molecule has 0 saturated carbocycles. The van der Waals surface area contributed by atoms with Crippen LogP contribution in [0.4, 0.5) is 0 Å². The minimum absolute atomic E-state index is 0. The summed E-state index contributed by atoms with van der Waals surface area (Å²) in [6.07, 6.45) is 10.4. The Kier molecular flexibility index (Phi) is 15.2. The zero-order chi connectivity index (χ0) is 11.6. The molecule has 0 aromatic carbocycles. The summed E-state index contributed by atoms with van der Waals surface area (Å²) in [6, 6.07) is 0. The first-order valence-corrected chi connectivity index (χ1v) is 6.68. The van der Waals surface area contributed by atoms with E-state index in [9.17, 15) is 13.0 Å². The molecule has 0 amide bonds. The van der Waals surface area contributed by atoms with Gasteiger partial charge in [-0.15, -0.1) is 0 Å². The molecular weight excluding hydrogens is 255 g/mol. The molecule has 0 aliphatic rings. The smallest absolute Gasteiger partial charge is 0.716 e. The molecule has 6 heteroatoms. The van der Waals surface area contributed by atoms with Gasteiger partial charge in [0.1, 0.15) is 6.26 Å². The summed E-state index contributed by atoms with van der Waals surface area (Å²) >= 11 is 0. The molecule has 0 spiro atoms. The summed E-state index contributed by atoms with van der Waals surface area (Å²) in [5, 5.41) is 0. The maximum absolute atomic E-state index is 10.0. The molecule has 0 rings (SSSR count). The quantitative estimate of drug-likeness (QED) is 0.191. The van der Waals surface area contributed by atoms with Crippen molar-refractivity contribution < 1.29 is 68.5 Å². The van der Waals surface area contributed by atoms with E-state index in [2.05, 4.69) is 11.1 Å². The largest absolute Gasteiger partial charge is 1.00 e. The van der Waals surface area contributed by atoms with Crippen LogP contribution in [0.5, 0.6) is 0 Å². The van der Waals surface area contributed by atoms with Gasteiger partial charge in [0.15, 0.2) is 0 Å². The maximum Gasteiger partial charge on any atom is 1.00 e. The summed E-state index contributed by atoms with van der Waals surface area (Å²) in [5.74, 6) is 0. The molecule has 0 fully saturated rings. The molecule has 0 saturated heterocycles. The Hall–Kier alpha value is 1.09. The molecule has 0 heterocycles. The summed E-state index contributed by atoms with van der Waals surface area (Å²) < 4.78 is 33.9. The van der Waals surface area contributed by atoms with Gasteiger partial charge in [-0.25, -0.2) is 8.42 Å². The first-order valence-electron chi connectivity index (χ1n) is 5.35. The Balaban J connectivity index is 0. The van der Waals surface area contributed by atoms with Crippen molar-refractivity contribution in [3.8, 4) is 0 Å². The van der Waals surface area contributed by atoms with Gasteiger partial charge in [-0.3, -0.25) is 0 Å². The van der Waals surface area contributed by atoms with Gasteiger partial charge in [0.25, 0.3) is 10.4 Å². The molecule has 0 bridgehead atoms. The number of allylic oxidation sites excluding steroid dienone is 1. The molecule has 0 atom stereocenters. The monoisotopic (exact) mass is 274 g/mol. The van der Waals surface area contributed by atoms with E-state index in [4.69, 9.17) is 0 Å². The van der Waals surface area contributed by atoms with Crippen LogP contribution >= 0.6 is 0 Å². The van der Waals surface area contributed by atoms with E-state index < -0.39 is 10.4 Å². The van der Waals surface area contributed by atoms with Crippen LogP contribution in [0, 0.1) is 0 Å². The van der Waals surface area contributed by atoms with Crippen LogP contribution in [-0.2, 0) is 14.6 Å². The van der Waals surface area contributed by atoms with Crippen LogP contribution in [0.3, 0.4) is 0 Å². The summed E-state index contributed by atoms with van der Waals surface area (Å²) in [7, 11) is -4.57. The van der Waals surface area contributed by atoms with Crippen molar-refractivity contribution in [1.29, 1.82) is 0 Å². The Morgan fingerprint density at radius 1 is 1.12 bits per heavy atom. The second kappa shape index (κ2) is 12.5. The van der Waals surface area contributed by atoms with E-state index in [1.807, 2.05) is 0 Å². The molecule has 4 nitrogen and oxygen atoms in total. The molecule has 0 N–H and O–H groups in total. The third kappa shape index (κ3) is 17.5. The first-order chi connectivity index (χ1) is 7.06. The third-order valence-corrected chi connectivity index (χ3v) is 2.34. The van der Waals surface area contributed by atoms with Crippen molar-refractivity contribution in [3.05, 3.63) is 12.3 Å². The predicted octanol–water partition coefficient (Wildman–Crippen LogP) is -0.268. The van der Waals surface area contributed by atoms with Gasteiger partial charge >= 0.3 is 51.4 Å². The van der Waals surface area contributed by atoms with E-state index in [-0.39, 0.29) is 51.4 Å². The van der Waals surface area contributed by atoms with Gasteiger partial charge in [-0.1, -0.05) is 39.0 Å². The summed E-state index contributed by atoms with van der Waals surface area (Å²) in [4.78, 5) is 0. The van der Waals surface area contributed by atoms with Gasteiger partial charge in [-0.05, 0) is 18.9 Å². The molecule has 0 aromatic heterocycles. The Labute approximate surface area is 141 Å². The Morgan fingerprint density at radius 3 is 2.25 bits per heavy atom. The number of unbranched alkanes of at least 4 members (excludes halogenated alkanes) is 6. The van der Waals surface area contributed by atoms with Crippen molar-refractivity contribution in [1.82, 2.24) is 0 Å². The SMILES string of the molecule is CCCCCCCC/C=C/OS(=O)(=O)[O-].[K+]. The van der Waals surface area contributed by atoms with Crippen LogP contribution in [0.25, 0.3) is 0 Å². The van der Waals surface area contributed by atoms with E-state index in [1.54, 1.807) is 6.08 Å². The summed E-state index contributed by atoms with van der Waals surface area (Å²) in [5.41, 5.74) is 0. The average molecular weight is 274 g/mol. The number of hydrogen-bond acceptors (Lipinski definition) is 4. The van der Waals surface area contributed by atoms with Crippen LogP contribution in [0.1, 0.15) is 51.9 Å². The zero-order valence-corrected chi connectivity index (χ0v) is 14.1. The molecular formula is C10H19KO4S. The fourth-order valence-electron chi connectivity index (χ4n) is 1.22. The summed E-state index contributed by atoms with van der Waals surface area (Å²) in [6.45, 7) is 2.17. The zero-order valence-electron chi connectivity index (χ0n) is 10.1. The Bertz CT molecular complexity index is 262. The van der Waals surface area contributed by atoms with E-state index in [0.717, 1.165) is 25.5 Å². The topological polar surface area (TPSA) is 66.4 Å².